The van der Waals surface area contributed by atoms with E-state index in [1.54, 1.807) is 13.2 Å². The van der Waals surface area contributed by atoms with Crippen LogP contribution in [0.2, 0.25) is 0 Å². The molecule has 10 heteroatoms. The standard InChI is InChI=1S/C31H36N6O4/c1-40-26-14-31(10-3-4-11-31)13-20(26)17-37-18-21(15-34-37)22-6-5-7-24(28(22)41-2)35-25-12-27(33-16-23(25)29(32)38)36-30(39)19-8-9-19/h5-7,12,15-20,26H,3-4,8-11,13-14H2,1-2H3,(H3-,32,33,35,36,38,39)/p+1/b37-17-/t20?,26-/m0/s1. The van der Waals surface area contributed by atoms with Gasteiger partial charge in [-0.25, -0.2) is 4.98 Å². The number of hydrazone groups is 1. The van der Waals surface area contributed by atoms with Crippen LogP contribution in [0.5, 0.6) is 5.75 Å². The van der Waals surface area contributed by atoms with E-state index in [-0.39, 0.29) is 23.5 Å². The fraction of sp³-hybridized carbons (Fsp3) is 0.452. The molecule has 0 saturated heterocycles. The Morgan fingerprint density at radius 2 is 1.95 bits per heavy atom. The Bertz CT molecular complexity index is 1450. The maximum absolute atomic E-state index is 12.3. The number of allylic oxidation sites excluding steroid dienone is 1. The number of rotatable bonds is 9. The zero-order valence-electron chi connectivity index (χ0n) is 23.6. The van der Waals surface area contributed by atoms with Gasteiger partial charge in [0.05, 0.1) is 41.6 Å². The predicted molar refractivity (Wildman–Crippen MR) is 158 cm³/mol. The zero-order valence-corrected chi connectivity index (χ0v) is 23.6. The van der Waals surface area contributed by atoms with Crippen LogP contribution in [0.15, 0.2) is 41.8 Å². The molecule has 4 N–H and O–H groups in total. The van der Waals surface area contributed by atoms with Gasteiger partial charge in [0, 0.05) is 30.9 Å². The highest BCUT2D eigenvalue weighted by Gasteiger charge is 2.47. The second-order valence-corrected chi connectivity index (χ2v) is 11.7. The molecule has 1 aromatic heterocycles. The number of carbonyl (C=O) groups excluding carboxylic acids is 2. The van der Waals surface area contributed by atoms with Crippen LogP contribution in [-0.2, 0) is 9.53 Å². The Labute approximate surface area is 239 Å². The number of nitrogens with two attached hydrogens (primary N) is 1. The molecule has 41 heavy (non-hydrogen) atoms. The second-order valence-electron chi connectivity index (χ2n) is 11.7. The molecular formula is C31H37N6O4+. The SMILES string of the molecule is COc1c(Nc2cc(NC(=O)C3CC3)ncc2C(N)=O)cccc1C1=C/[N+](=C/C2CC3(CCCC3)C[C@@H]2OC)N=C1. The number of nitrogens with one attached hydrogen (secondary N) is 2. The lowest BCUT2D eigenvalue weighted by Crippen LogP contribution is -2.20. The molecule has 6 rings (SSSR count). The molecule has 4 aliphatic rings. The molecule has 0 bridgehead atoms. The Kier molecular flexibility index (Phi) is 7.33. The quantitative estimate of drug-likeness (QED) is 0.384. The first-order chi connectivity index (χ1) is 19.9. The molecular weight excluding hydrogens is 520 g/mol. The van der Waals surface area contributed by atoms with Gasteiger partial charge in [0.25, 0.3) is 5.91 Å². The number of para-hydroxylation sites is 1. The van der Waals surface area contributed by atoms with Gasteiger partial charge in [-0.2, -0.15) is 0 Å². The number of ether oxygens (including phenoxy) is 2. The van der Waals surface area contributed by atoms with Gasteiger partial charge in [0.2, 0.25) is 12.1 Å². The van der Waals surface area contributed by atoms with Crippen molar-refractivity contribution >= 4 is 47.0 Å². The number of nitrogens with zero attached hydrogens (tertiary/aromatic N) is 3. The van der Waals surface area contributed by atoms with Gasteiger partial charge in [-0.3, -0.25) is 9.59 Å². The van der Waals surface area contributed by atoms with Crippen LogP contribution in [0.3, 0.4) is 0 Å². The summed E-state index contributed by atoms with van der Waals surface area (Å²) in [7, 11) is 3.42. The molecule has 214 valence electrons. The number of hydrogen-bond acceptors (Lipinski definition) is 7. The van der Waals surface area contributed by atoms with E-state index in [4.69, 9.17) is 15.2 Å². The van der Waals surface area contributed by atoms with Crippen molar-refractivity contribution in [2.75, 3.05) is 24.9 Å². The summed E-state index contributed by atoms with van der Waals surface area (Å²) in [5.41, 5.74) is 9.05. The Hall–Kier alpha value is -4.05. The molecule has 1 unspecified atom stereocenters. The van der Waals surface area contributed by atoms with Crippen molar-refractivity contribution in [2.45, 2.75) is 57.5 Å². The van der Waals surface area contributed by atoms with Gasteiger partial charge < -0.3 is 25.8 Å². The van der Waals surface area contributed by atoms with Crippen LogP contribution in [0.4, 0.5) is 17.2 Å². The summed E-state index contributed by atoms with van der Waals surface area (Å²) in [5.74, 6) is 0.570. The van der Waals surface area contributed by atoms with Crippen molar-refractivity contribution in [1.82, 2.24) is 4.98 Å². The highest BCUT2D eigenvalue weighted by molar-refractivity contribution is 6.12. The Morgan fingerprint density at radius 3 is 2.66 bits per heavy atom. The molecule has 2 atom stereocenters. The van der Waals surface area contributed by atoms with Crippen LogP contribution in [-0.4, -0.2) is 54.2 Å². The monoisotopic (exact) mass is 557 g/mol. The second kappa shape index (κ2) is 11.1. The molecule has 3 saturated carbocycles. The minimum atomic E-state index is -0.632. The summed E-state index contributed by atoms with van der Waals surface area (Å²) in [5, 5.41) is 10.7. The number of anilines is 3. The molecule has 1 aromatic carbocycles. The van der Waals surface area contributed by atoms with Gasteiger partial charge in [-0.05, 0) is 55.1 Å². The average molecular weight is 558 g/mol. The van der Waals surface area contributed by atoms with E-state index in [0.29, 0.717) is 34.3 Å². The van der Waals surface area contributed by atoms with Gasteiger partial charge in [0.15, 0.2) is 6.21 Å². The summed E-state index contributed by atoms with van der Waals surface area (Å²) < 4.78 is 13.6. The van der Waals surface area contributed by atoms with Crippen LogP contribution in [0, 0.1) is 17.3 Å². The van der Waals surface area contributed by atoms with Crippen LogP contribution in [0.1, 0.15) is 67.3 Å². The van der Waals surface area contributed by atoms with E-state index in [1.807, 2.05) is 42.4 Å². The highest BCUT2D eigenvalue weighted by atomic mass is 16.5. The molecule has 1 aliphatic heterocycles. The van der Waals surface area contributed by atoms with E-state index in [2.05, 4.69) is 26.9 Å². The minimum Gasteiger partial charge on any atom is -0.494 e. The van der Waals surface area contributed by atoms with Gasteiger partial charge in [0.1, 0.15) is 17.8 Å². The van der Waals surface area contributed by atoms with E-state index >= 15 is 0 Å². The van der Waals surface area contributed by atoms with Crippen molar-refractivity contribution in [3.05, 3.63) is 47.8 Å². The van der Waals surface area contributed by atoms with Crippen molar-refractivity contribution in [1.29, 1.82) is 0 Å². The largest absolute Gasteiger partial charge is 0.494 e. The third-order valence-electron chi connectivity index (χ3n) is 8.86. The van der Waals surface area contributed by atoms with E-state index in [9.17, 15) is 9.59 Å². The molecule has 1 spiro atoms. The maximum atomic E-state index is 12.3. The fourth-order valence-electron chi connectivity index (χ4n) is 6.61. The topological polar surface area (TPSA) is 131 Å². The first-order valence-corrected chi connectivity index (χ1v) is 14.3. The van der Waals surface area contributed by atoms with Crippen molar-refractivity contribution in [2.24, 2.45) is 28.1 Å². The average Bonchev–Trinajstić information content (AvgIpc) is 3.39. The van der Waals surface area contributed by atoms with Crippen molar-refractivity contribution < 1.29 is 23.7 Å². The molecule has 3 fully saturated rings. The van der Waals surface area contributed by atoms with Gasteiger partial charge >= 0.3 is 0 Å². The summed E-state index contributed by atoms with van der Waals surface area (Å²) in [4.78, 5) is 28.7. The fourth-order valence-corrected chi connectivity index (χ4v) is 6.61. The normalized spacial score (nSPS) is 23.7. The summed E-state index contributed by atoms with van der Waals surface area (Å²) >= 11 is 0. The molecule has 2 heterocycles. The van der Waals surface area contributed by atoms with Crippen LogP contribution >= 0.6 is 0 Å². The maximum Gasteiger partial charge on any atom is 0.252 e. The highest BCUT2D eigenvalue weighted by Crippen LogP contribution is 2.53. The third kappa shape index (κ3) is 5.61. The lowest BCUT2D eigenvalue weighted by atomic mass is 9.84. The first-order valence-electron chi connectivity index (χ1n) is 14.3. The number of methoxy groups -OCH3 is 2. The van der Waals surface area contributed by atoms with Gasteiger partial charge in [-0.1, -0.05) is 29.7 Å². The molecule has 2 amide bonds. The number of primary amides is 1. The minimum absolute atomic E-state index is 0.0249. The first kappa shape index (κ1) is 27.1. The number of hydrogen-bond donors (Lipinski definition) is 3. The molecule has 2 aromatic rings. The lowest BCUT2D eigenvalue weighted by molar-refractivity contribution is -0.454. The van der Waals surface area contributed by atoms with Crippen molar-refractivity contribution in [3.63, 3.8) is 0 Å². The third-order valence-corrected chi connectivity index (χ3v) is 8.86. The lowest BCUT2D eigenvalue weighted by Gasteiger charge is -2.21. The zero-order chi connectivity index (χ0) is 28.6. The summed E-state index contributed by atoms with van der Waals surface area (Å²) in [6.45, 7) is 0. The number of aromatic nitrogens is 1. The Morgan fingerprint density at radius 1 is 1.15 bits per heavy atom. The van der Waals surface area contributed by atoms with E-state index < -0.39 is 5.91 Å². The molecule has 0 radical (unpaired) electrons. The van der Waals surface area contributed by atoms with Crippen molar-refractivity contribution in [3.8, 4) is 5.75 Å². The number of pyridine rings is 1. The molecule has 10 nitrogen and oxygen atoms in total. The Balaban J connectivity index is 1.26. The smallest absolute Gasteiger partial charge is 0.252 e. The van der Waals surface area contributed by atoms with E-state index in [1.165, 1.54) is 31.9 Å². The van der Waals surface area contributed by atoms with Crippen LogP contribution < -0.4 is 21.1 Å². The van der Waals surface area contributed by atoms with E-state index in [0.717, 1.165) is 36.8 Å². The number of carbonyl (C=O) groups is 2. The summed E-state index contributed by atoms with van der Waals surface area (Å²) in [6, 6.07) is 7.35. The van der Waals surface area contributed by atoms with Gasteiger partial charge in [-0.15, -0.1) is 0 Å². The summed E-state index contributed by atoms with van der Waals surface area (Å²) in [6.07, 6.45) is 16.8. The van der Waals surface area contributed by atoms with Crippen LogP contribution in [0.25, 0.3) is 5.57 Å². The number of amides is 2. The molecule has 3 aliphatic carbocycles. The predicted octanol–water partition coefficient (Wildman–Crippen LogP) is 4.69. The number of benzene rings is 1.